The third-order valence-electron chi connectivity index (χ3n) is 9.79. The van der Waals surface area contributed by atoms with Gasteiger partial charge < -0.3 is 9.47 Å². The van der Waals surface area contributed by atoms with Crippen LogP contribution in [0.5, 0.6) is 11.5 Å². The summed E-state index contributed by atoms with van der Waals surface area (Å²) >= 11 is 0. The van der Waals surface area contributed by atoms with Gasteiger partial charge in [-0.3, -0.25) is 0 Å². The Labute approximate surface area is 266 Å². The van der Waals surface area contributed by atoms with Crippen LogP contribution in [0, 0.1) is 23.5 Å². The van der Waals surface area contributed by atoms with E-state index in [0.717, 1.165) is 48.6 Å². The fraction of sp³-hybridized carbons (Fsp3) is 0.514. The van der Waals surface area contributed by atoms with Gasteiger partial charge in [0.25, 0.3) is 0 Å². The van der Waals surface area contributed by atoms with Crippen molar-refractivity contribution in [3.63, 3.8) is 0 Å². The lowest BCUT2D eigenvalue weighted by atomic mass is 9.76. The first-order valence-corrected chi connectivity index (χ1v) is 16.4. The van der Waals surface area contributed by atoms with Gasteiger partial charge in [-0.05, 0) is 122 Å². The summed E-state index contributed by atoms with van der Waals surface area (Å²) < 4.78 is 106. The molecule has 0 heterocycles. The van der Waals surface area contributed by atoms with Gasteiger partial charge in [0, 0.05) is 5.56 Å². The minimum atomic E-state index is -4.89. The summed E-state index contributed by atoms with van der Waals surface area (Å²) in [5.41, 5.74) is 2.18. The van der Waals surface area contributed by atoms with Crippen molar-refractivity contribution < 1.29 is 40.2 Å². The SMILES string of the molecule is CCCCCC1CCC(c2ccc(-c3ccc(C4CCC(C(F)(F)Oc5ccc(OC(F)(F)F)cc5)CC4)c(F)c3)c(F)c2)CC1. The number of ether oxygens (including phenoxy) is 2. The zero-order valence-corrected chi connectivity index (χ0v) is 26.0. The van der Waals surface area contributed by atoms with Crippen LogP contribution < -0.4 is 9.47 Å². The Hall–Kier alpha value is -3.23. The molecular weight excluding hydrogens is 609 g/mol. The summed E-state index contributed by atoms with van der Waals surface area (Å²) in [7, 11) is 0. The molecule has 5 rings (SSSR count). The maximum Gasteiger partial charge on any atom is 0.573 e. The summed E-state index contributed by atoms with van der Waals surface area (Å²) in [5, 5.41) is 0. The van der Waals surface area contributed by atoms with Crippen molar-refractivity contribution in [2.75, 3.05) is 0 Å². The topological polar surface area (TPSA) is 18.5 Å². The second-order valence-electron chi connectivity index (χ2n) is 12.9. The average Bonchev–Trinajstić information content (AvgIpc) is 3.02. The van der Waals surface area contributed by atoms with Gasteiger partial charge in [-0.25, -0.2) is 8.78 Å². The van der Waals surface area contributed by atoms with Crippen molar-refractivity contribution in [1.29, 1.82) is 0 Å². The molecule has 0 bridgehead atoms. The maximum atomic E-state index is 15.3. The van der Waals surface area contributed by atoms with E-state index in [-0.39, 0.29) is 30.3 Å². The first-order chi connectivity index (χ1) is 21.9. The van der Waals surface area contributed by atoms with E-state index in [0.29, 0.717) is 35.4 Å². The lowest BCUT2D eigenvalue weighted by molar-refractivity contribution is -0.274. The standard InChI is InChI=1S/C37H41F7O2/c1-2-3-4-5-24-6-8-25(9-7-24)27-12-20-33(34(38)22-27)28-13-21-32(35(39)23-28)26-10-14-29(15-11-26)36(40,41)45-30-16-18-31(19-17-30)46-37(42,43)44/h12-13,16-26,29H,2-11,14-15H2,1H3. The number of hydrogen-bond acceptors (Lipinski definition) is 2. The summed E-state index contributed by atoms with van der Waals surface area (Å²) in [5.74, 6) is -1.99. The molecule has 2 aliphatic carbocycles. The smallest absolute Gasteiger partial charge is 0.432 e. The second kappa shape index (κ2) is 14.7. The molecule has 0 radical (unpaired) electrons. The fourth-order valence-electron chi connectivity index (χ4n) is 7.20. The van der Waals surface area contributed by atoms with E-state index in [1.165, 1.54) is 44.6 Å². The molecule has 250 valence electrons. The van der Waals surface area contributed by atoms with Crippen molar-refractivity contribution in [1.82, 2.24) is 0 Å². The highest BCUT2D eigenvalue weighted by Crippen LogP contribution is 2.45. The predicted octanol–water partition coefficient (Wildman–Crippen LogP) is 12.3. The van der Waals surface area contributed by atoms with Gasteiger partial charge in [-0.2, -0.15) is 8.78 Å². The quantitative estimate of drug-likeness (QED) is 0.152. The van der Waals surface area contributed by atoms with Crippen LogP contribution in [0.4, 0.5) is 30.7 Å². The maximum absolute atomic E-state index is 15.3. The van der Waals surface area contributed by atoms with Gasteiger partial charge in [0.1, 0.15) is 23.1 Å². The molecule has 0 N–H and O–H groups in total. The fourth-order valence-corrected chi connectivity index (χ4v) is 7.20. The van der Waals surface area contributed by atoms with E-state index in [4.69, 9.17) is 4.74 Å². The zero-order valence-electron chi connectivity index (χ0n) is 26.0. The van der Waals surface area contributed by atoms with Crippen molar-refractivity contribution in [2.45, 2.75) is 108 Å². The van der Waals surface area contributed by atoms with Crippen LogP contribution in [0.2, 0.25) is 0 Å². The van der Waals surface area contributed by atoms with Crippen molar-refractivity contribution in [3.8, 4) is 22.6 Å². The van der Waals surface area contributed by atoms with Gasteiger partial charge in [0.05, 0.1) is 5.92 Å². The van der Waals surface area contributed by atoms with Crippen LogP contribution in [0.15, 0.2) is 60.7 Å². The Balaban J connectivity index is 1.15. The Kier molecular flexibility index (Phi) is 10.9. The number of benzene rings is 3. The summed E-state index contributed by atoms with van der Waals surface area (Å²) in [4.78, 5) is 0. The van der Waals surface area contributed by atoms with E-state index in [1.807, 2.05) is 6.07 Å². The first kappa shape index (κ1) is 34.1. The van der Waals surface area contributed by atoms with Crippen LogP contribution in [0.3, 0.4) is 0 Å². The summed E-state index contributed by atoms with van der Waals surface area (Å²) in [6, 6.07) is 13.7. The molecular formula is C37H41F7O2. The third kappa shape index (κ3) is 8.77. The lowest BCUT2D eigenvalue weighted by Gasteiger charge is -2.33. The van der Waals surface area contributed by atoms with Crippen molar-refractivity contribution in [3.05, 3.63) is 83.4 Å². The van der Waals surface area contributed by atoms with Crippen LogP contribution >= 0.6 is 0 Å². The number of rotatable bonds is 11. The van der Waals surface area contributed by atoms with E-state index in [1.54, 1.807) is 24.3 Å². The van der Waals surface area contributed by atoms with Crippen LogP contribution in [-0.2, 0) is 0 Å². The largest absolute Gasteiger partial charge is 0.573 e. The number of alkyl halides is 5. The predicted molar refractivity (Wildman–Crippen MR) is 164 cm³/mol. The molecule has 0 unspecified atom stereocenters. The molecule has 0 spiro atoms. The van der Waals surface area contributed by atoms with Gasteiger partial charge in [-0.15, -0.1) is 13.2 Å². The van der Waals surface area contributed by atoms with E-state index < -0.39 is 30.0 Å². The summed E-state index contributed by atoms with van der Waals surface area (Å²) in [6.07, 6.45) is 1.86. The molecule has 0 aromatic heterocycles. The van der Waals surface area contributed by atoms with Gasteiger partial charge in [0.15, 0.2) is 0 Å². The average molecular weight is 651 g/mol. The normalized spacial score (nSPS) is 22.4. The van der Waals surface area contributed by atoms with Crippen molar-refractivity contribution >= 4 is 0 Å². The molecule has 2 fully saturated rings. The lowest BCUT2D eigenvalue weighted by Crippen LogP contribution is -2.37. The highest BCUT2D eigenvalue weighted by Gasteiger charge is 2.44. The molecule has 46 heavy (non-hydrogen) atoms. The molecule has 0 amide bonds. The molecule has 0 aliphatic heterocycles. The Morgan fingerprint density at radius 3 is 1.87 bits per heavy atom. The van der Waals surface area contributed by atoms with Gasteiger partial charge >= 0.3 is 12.5 Å². The molecule has 2 nitrogen and oxygen atoms in total. The highest BCUT2D eigenvalue weighted by atomic mass is 19.4. The minimum Gasteiger partial charge on any atom is -0.432 e. The molecule has 9 heteroatoms. The zero-order chi connectivity index (χ0) is 32.9. The Morgan fingerprint density at radius 1 is 0.652 bits per heavy atom. The minimum absolute atomic E-state index is 0.0743. The third-order valence-corrected chi connectivity index (χ3v) is 9.79. The Morgan fingerprint density at radius 2 is 1.28 bits per heavy atom. The molecule has 2 saturated carbocycles. The van der Waals surface area contributed by atoms with Crippen molar-refractivity contribution in [2.24, 2.45) is 11.8 Å². The molecule has 3 aromatic rings. The van der Waals surface area contributed by atoms with Crippen LogP contribution in [-0.4, -0.2) is 12.5 Å². The Bertz CT molecular complexity index is 1420. The van der Waals surface area contributed by atoms with E-state index in [9.17, 15) is 22.0 Å². The van der Waals surface area contributed by atoms with Crippen LogP contribution in [0.1, 0.15) is 107 Å². The van der Waals surface area contributed by atoms with Gasteiger partial charge in [-0.1, -0.05) is 56.9 Å². The molecule has 0 atom stereocenters. The highest BCUT2D eigenvalue weighted by molar-refractivity contribution is 5.65. The summed E-state index contributed by atoms with van der Waals surface area (Å²) in [6.45, 7) is 2.21. The monoisotopic (exact) mass is 650 g/mol. The molecule has 2 aliphatic rings. The molecule has 3 aromatic carbocycles. The first-order valence-electron chi connectivity index (χ1n) is 16.4. The number of hydrogen-bond donors (Lipinski definition) is 0. The van der Waals surface area contributed by atoms with Crippen LogP contribution in [0.25, 0.3) is 11.1 Å². The number of halogens is 7. The number of unbranched alkanes of at least 4 members (excludes halogenated alkanes) is 2. The molecule has 0 saturated heterocycles. The van der Waals surface area contributed by atoms with E-state index in [2.05, 4.69) is 11.7 Å². The van der Waals surface area contributed by atoms with E-state index >= 15 is 8.78 Å². The van der Waals surface area contributed by atoms with Gasteiger partial charge in [0.2, 0.25) is 0 Å². The second-order valence-corrected chi connectivity index (χ2v) is 12.9.